The average Bonchev–Trinajstić information content (AvgIpc) is 2.52. The van der Waals surface area contributed by atoms with Crippen molar-refractivity contribution < 1.29 is 21.7 Å². The van der Waals surface area contributed by atoms with Crippen molar-refractivity contribution in [2.45, 2.75) is 11.8 Å². The van der Waals surface area contributed by atoms with E-state index in [1.165, 1.54) is 12.1 Å². The van der Waals surface area contributed by atoms with E-state index in [-0.39, 0.29) is 33.2 Å². The lowest BCUT2D eigenvalue weighted by Gasteiger charge is -2.14. The maximum Gasteiger partial charge on any atom is 0.340 e. The predicted octanol–water partition coefficient (Wildman–Crippen LogP) is 4.28. The summed E-state index contributed by atoms with van der Waals surface area (Å²) in [7, 11) is -4.41. The van der Waals surface area contributed by atoms with Crippen LogP contribution in [0.2, 0.25) is 5.02 Å². The smallest absolute Gasteiger partial charge is 0.340 e. The highest BCUT2D eigenvalue weighted by molar-refractivity contribution is 9.10. The number of nitriles is 1. The Kier molecular flexibility index (Phi) is 5.70. The quantitative estimate of drug-likeness (QED) is 0.657. The highest BCUT2D eigenvalue weighted by atomic mass is 79.9. The molecule has 0 bridgehead atoms. The van der Waals surface area contributed by atoms with Gasteiger partial charge in [-0.25, -0.2) is 4.39 Å². The predicted molar refractivity (Wildman–Crippen MR) is 89.2 cm³/mol. The van der Waals surface area contributed by atoms with Crippen LogP contribution in [0, 0.1) is 17.1 Å². The third-order valence-corrected chi connectivity index (χ3v) is 5.09. The Morgan fingerprint density at radius 1 is 1.33 bits per heavy atom. The number of nitrogens with zero attached hydrogens (tertiary/aromatic N) is 1. The van der Waals surface area contributed by atoms with Gasteiger partial charge in [-0.05, 0) is 47.1 Å². The van der Waals surface area contributed by atoms with Crippen LogP contribution in [0.3, 0.4) is 0 Å². The minimum atomic E-state index is -4.41. The zero-order chi connectivity index (χ0) is 17.9. The van der Waals surface area contributed by atoms with Gasteiger partial charge < -0.3 is 8.92 Å². The largest absolute Gasteiger partial charge is 0.490 e. The van der Waals surface area contributed by atoms with E-state index >= 15 is 0 Å². The molecular formula is C15H10BrClFNO4S. The van der Waals surface area contributed by atoms with Crippen molar-refractivity contribution in [2.24, 2.45) is 0 Å². The molecule has 0 aliphatic rings. The summed E-state index contributed by atoms with van der Waals surface area (Å²) in [6.07, 6.45) is 0. The fraction of sp³-hybridized carbons (Fsp3) is 0.133. The summed E-state index contributed by atoms with van der Waals surface area (Å²) in [5.41, 5.74) is 0.249. The van der Waals surface area contributed by atoms with Crippen LogP contribution in [0.25, 0.3) is 0 Å². The molecule has 0 saturated heterocycles. The molecule has 0 aromatic heterocycles. The number of ether oxygens (including phenoxy) is 1. The number of rotatable bonds is 5. The maximum atomic E-state index is 13.3. The van der Waals surface area contributed by atoms with Crippen molar-refractivity contribution in [3.8, 4) is 17.6 Å². The molecule has 2 aromatic carbocycles. The minimum Gasteiger partial charge on any atom is -0.490 e. The van der Waals surface area contributed by atoms with Crippen LogP contribution in [-0.2, 0) is 10.1 Å². The zero-order valence-electron chi connectivity index (χ0n) is 12.2. The Hall–Kier alpha value is -1.82. The van der Waals surface area contributed by atoms with Gasteiger partial charge in [0.05, 0.1) is 27.7 Å². The molecule has 0 aliphatic carbocycles. The van der Waals surface area contributed by atoms with E-state index in [4.69, 9.17) is 25.8 Å². The molecule has 9 heteroatoms. The molecular weight excluding hydrogens is 425 g/mol. The molecule has 0 spiro atoms. The minimum absolute atomic E-state index is 0.0551. The summed E-state index contributed by atoms with van der Waals surface area (Å²) in [6, 6.07) is 7.54. The zero-order valence-corrected chi connectivity index (χ0v) is 15.4. The fourth-order valence-electron chi connectivity index (χ4n) is 1.80. The van der Waals surface area contributed by atoms with Crippen molar-refractivity contribution in [3.63, 3.8) is 0 Å². The van der Waals surface area contributed by atoms with Gasteiger partial charge in [0.15, 0.2) is 11.5 Å². The fourth-order valence-corrected chi connectivity index (χ4v) is 3.88. The van der Waals surface area contributed by atoms with E-state index < -0.39 is 20.8 Å². The second-order valence-corrected chi connectivity index (χ2v) is 7.22. The summed E-state index contributed by atoms with van der Waals surface area (Å²) in [6.45, 7) is 1.91. The lowest BCUT2D eigenvalue weighted by Crippen LogP contribution is -2.12. The normalized spacial score (nSPS) is 11.0. The summed E-state index contributed by atoms with van der Waals surface area (Å²) in [5, 5.41) is 8.80. The Balaban J connectivity index is 2.54. The van der Waals surface area contributed by atoms with Gasteiger partial charge in [-0.2, -0.15) is 13.7 Å². The van der Waals surface area contributed by atoms with Crippen LogP contribution in [0.5, 0.6) is 11.5 Å². The van der Waals surface area contributed by atoms with Crippen molar-refractivity contribution in [2.75, 3.05) is 6.61 Å². The summed E-state index contributed by atoms with van der Waals surface area (Å²) >= 11 is 8.96. The lowest BCUT2D eigenvalue weighted by molar-refractivity contribution is 0.327. The molecule has 0 aliphatic heterocycles. The molecule has 0 amide bonds. The van der Waals surface area contributed by atoms with Crippen molar-refractivity contribution in [3.05, 3.63) is 51.2 Å². The first-order valence-electron chi connectivity index (χ1n) is 6.54. The van der Waals surface area contributed by atoms with E-state index in [2.05, 4.69) is 15.9 Å². The van der Waals surface area contributed by atoms with Crippen LogP contribution < -0.4 is 8.92 Å². The van der Waals surface area contributed by atoms with Gasteiger partial charge in [-0.3, -0.25) is 0 Å². The number of halogens is 3. The SMILES string of the molecule is CCOc1cc(C#N)cc(Br)c1OS(=O)(=O)c1cc(F)ccc1Cl. The molecule has 0 heterocycles. The molecule has 0 atom stereocenters. The molecule has 0 radical (unpaired) electrons. The maximum absolute atomic E-state index is 13.3. The van der Waals surface area contributed by atoms with E-state index in [9.17, 15) is 12.8 Å². The molecule has 0 N–H and O–H groups in total. The summed E-state index contributed by atoms with van der Waals surface area (Å²) < 4.78 is 48.8. The van der Waals surface area contributed by atoms with Crippen LogP contribution in [0.15, 0.2) is 39.7 Å². The number of hydrogen-bond donors (Lipinski definition) is 0. The van der Waals surface area contributed by atoms with Gasteiger partial charge in [0.2, 0.25) is 0 Å². The molecule has 0 fully saturated rings. The molecule has 2 rings (SSSR count). The number of benzene rings is 2. The van der Waals surface area contributed by atoms with Gasteiger partial charge in [-0.15, -0.1) is 0 Å². The molecule has 2 aromatic rings. The third-order valence-electron chi connectivity index (χ3n) is 2.79. The third kappa shape index (κ3) is 3.98. The van der Waals surface area contributed by atoms with Crippen molar-refractivity contribution >= 4 is 37.6 Å². The van der Waals surface area contributed by atoms with Gasteiger partial charge >= 0.3 is 10.1 Å². The average molecular weight is 435 g/mol. The van der Waals surface area contributed by atoms with Crippen LogP contribution >= 0.6 is 27.5 Å². The van der Waals surface area contributed by atoms with Gasteiger partial charge in [-0.1, -0.05) is 11.6 Å². The second kappa shape index (κ2) is 7.38. The Morgan fingerprint density at radius 2 is 2.04 bits per heavy atom. The first kappa shape index (κ1) is 18.5. The summed E-state index contributed by atoms with van der Waals surface area (Å²) in [5.74, 6) is -0.874. The Morgan fingerprint density at radius 3 is 2.67 bits per heavy atom. The van der Waals surface area contributed by atoms with E-state index in [0.29, 0.717) is 0 Å². The molecule has 5 nitrogen and oxygen atoms in total. The van der Waals surface area contributed by atoms with Crippen molar-refractivity contribution in [1.82, 2.24) is 0 Å². The van der Waals surface area contributed by atoms with E-state index in [1.54, 1.807) is 6.92 Å². The monoisotopic (exact) mass is 433 g/mol. The second-order valence-electron chi connectivity index (χ2n) is 4.44. The number of hydrogen-bond acceptors (Lipinski definition) is 5. The van der Waals surface area contributed by atoms with Gasteiger partial charge in [0.1, 0.15) is 10.7 Å². The van der Waals surface area contributed by atoms with Crippen LogP contribution in [0.4, 0.5) is 4.39 Å². The van der Waals surface area contributed by atoms with Gasteiger partial charge in [0.25, 0.3) is 0 Å². The van der Waals surface area contributed by atoms with Crippen molar-refractivity contribution in [1.29, 1.82) is 5.26 Å². The molecule has 126 valence electrons. The van der Waals surface area contributed by atoms with Crippen LogP contribution in [0.1, 0.15) is 12.5 Å². The Labute approximate surface area is 151 Å². The Bertz CT molecular complexity index is 928. The summed E-state index contributed by atoms with van der Waals surface area (Å²) in [4.78, 5) is -0.511. The lowest BCUT2D eigenvalue weighted by atomic mass is 10.2. The molecule has 0 saturated carbocycles. The van der Waals surface area contributed by atoms with E-state index in [0.717, 1.165) is 18.2 Å². The highest BCUT2D eigenvalue weighted by Gasteiger charge is 2.25. The first-order chi connectivity index (χ1) is 11.3. The molecule has 0 unspecified atom stereocenters. The van der Waals surface area contributed by atoms with E-state index in [1.807, 2.05) is 6.07 Å². The highest BCUT2D eigenvalue weighted by Crippen LogP contribution is 2.39. The van der Waals surface area contributed by atoms with Crippen LogP contribution in [-0.4, -0.2) is 15.0 Å². The molecule has 24 heavy (non-hydrogen) atoms. The van der Waals surface area contributed by atoms with Gasteiger partial charge in [0, 0.05) is 6.07 Å². The standard InChI is InChI=1S/C15H10BrClFNO4S/c1-2-22-13-6-9(8-19)5-11(16)15(13)23-24(20,21)14-7-10(18)3-4-12(14)17/h3-7H,2H2,1H3. The first-order valence-corrected chi connectivity index (χ1v) is 9.12. The topological polar surface area (TPSA) is 76.4 Å².